The Morgan fingerprint density at radius 1 is 1.15 bits per heavy atom. The molecule has 2 aromatic carbocycles. The van der Waals surface area contributed by atoms with E-state index in [2.05, 4.69) is 15.5 Å². The van der Waals surface area contributed by atoms with Gasteiger partial charge in [-0.2, -0.15) is 5.10 Å². The zero-order chi connectivity index (χ0) is 18.5. The summed E-state index contributed by atoms with van der Waals surface area (Å²) in [5.41, 5.74) is 6.11. The third kappa shape index (κ3) is 4.58. The van der Waals surface area contributed by atoms with E-state index in [1.807, 2.05) is 62.4 Å². The van der Waals surface area contributed by atoms with Gasteiger partial charge in [-0.05, 0) is 43.7 Å². The minimum absolute atomic E-state index is 0.122. The number of hydrogen-bond donors (Lipinski definition) is 1. The third-order valence-electron chi connectivity index (χ3n) is 3.74. The molecule has 0 atom stereocenters. The Bertz CT molecular complexity index is 969. The first-order valence-electron chi connectivity index (χ1n) is 8.09. The number of halogens is 1. The van der Waals surface area contributed by atoms with Gasteiger partial charge in [0, 0.05) is 10.9 Å². The molecule has 6 heteroatoms. The summed E-state index contributed by atoms with van der Waals surface area (Å²) in [6.07, 6.45) is 1.47. The Morgan fingerprint density at radius 2 is 1.88 bits per heavy atom. The maximum absolute atomic E-state index is 11.8. The number of amides is 1. The molecule has 0 aliphatic heterocycles. The van der Waals surface area contributed by atoms with Crippen molar-refractivity contribution in [2.45, 2.75) is 13.8 Å². The number of pyridine rings is 1. The molecule has 1 N–H and O–H groups in total. The van der Waals surface area contributed by atoms with Crippen LogP contribution in [0.5, 0.6) is 5.75 Å². The van der Waals surface area contributed by atoms with Crippen LogP contribution in [0.15, 0.2) is 53.6 Å². The Kier molecular flexibility index (Phi) is 5.49. The molecule has 3 rings (SSSR count). The Labute approximate surface area is 156 Å². The van der Waals surface area contributed by atoms with Gasteiger partial charge in [-0.25, -0.2) is 10.4 Å². The van der Waals surface area contributed by atoms with Gasteiger partial charge in [-0.1, -0.05) is 41.4 Å². The van der Waals surface area contributed by atoms with Crippen LogP contribution < -0.4 is 10.2 Å². The monoisotopic (exact) mass is 367 g/mol. The zero-order valence-corrected chi connectivity index (χ0v) is 15.2. The number of nitrogens with one attached hydrogen (secondary N) is 1. The van der Waals surface area contributed by atoms with Crippen molar-refractivity contribution < 1.29 is 9.53 Å². The molecule has 0 radical (unpaired) electrons. The van der Waals surface area contributed by atoms with Gasteiger partial charge in [-0.15, -0.1) is 0 Å². The van der Waals surface area contributed by atoms with Crippen molar-refractivity contribution in [1.82, 2.24) is 10.4 Å². The van der Waals surface area contributed by atoms with Crippen molar-refractivity contribution in [3.8, 4) is 5.75 Å². The number of aromatic nitrogens is 1. The van der Waals surface area contributed by atoms with Crippen molar-refractivity contribution in [2.24, 2.45) is 5.10 Å². The Morgan fingerprint density at radius 3 is 2.65 bits per heavy atom. The van der Waals surface area contributed by atoms with Crippen LogP contribution >= 0.6 is 11.6 Å². The molecule has 132 valence electrons. The van der Waals surface area contributed by atoms with Crippen molar-refractivity contribution in [2.75, 3.05) is 6.61 Å². The van der Waals surface area contributed by atoms with Crippen LogP contribution in [-0.2, 0) is 4.79 Å². The number of rotatable bonds is 5. The van der Waals surface area contributed by atoms with E-state index in [9.17, 15) is 4.79 Å². The summed E-state index contributed by atoms with van der Waals surface area (Å²) in [5.74, 6) is 0.272. The normalized spacial score (nSPS) is 11.0. The highest BCUT2D eigenvalue weighted by molar-refractivity contribution is 6.32. The second-order valence-corrected chi connectivity index (χ2v) is 6.32. The van der Waals surface area contributed by atoms with E-state index in [-0.39, 0.29) is 12.5 Å². The molecular weight excluding hydrogens is 350 g/mol. The summed E-state index contributed by atoms with van der Waals surface area (Å²) in [7, 11) is 0. The van der Waals surface area contributed by atoms with E-state index in [1.165, 1.54) is 6.21 Å². The lowest BCUT2D eigenvalue weighted by Crippen LogP contribution is -2.24. The van der Waals surface area contributed by atoms with Gasteiger partial charge in [0.15, 0.2) is 6.61 Å². The maximum Gasteiger partial charge on any atom is 0.277 e. The molecule has 0 saturated heterocycles. The van der Waals surface area contributed by atoms with Gasteiger partial charge in [-0.3, -0.25) is 4.79 Å². The molecule has 0 spiro atoms. The molecule has 3 aromatic rings. The van der Waals surface area contributed by atoms with Crippen molar-refractivity contribution in [3.63, 3.8) is 0 Å². The van der Waals surface area contributed by atoms with Crippen LogP contribution in [0.2, 0.25) is 5.15 Å². The van der Waals surface area contributed by atoms with Crippen molar-refractivity contribution >= 4 is 34.6 Å². The highest BCUT2D eigenvalue weighted by Gasteiger charge is 2.05. The number of benzene rings is 2. The average Bonchev–Trinajstić information content (AvgIpc) is 2.62. The molecule has 0 bridgehead atoms. The number of carbonyl (C=O) groups excluding carboxylic acids is 1. The van der Waals surface area contributed by atoms with E-state index < -0.39 is 0 Å². The van der Waals surface area contributed by atoms with Gasteiger partial charge in [0.2, 0.25) is 0 Å². The smallest absolute Gasteiger partial charge is 0.277 e. The van der Waals surface area contributed by atoms with Crippen molar-refractivity contribution in [3.05, 3.63) is 70.4 Å². The summed E-state index contributed by atoms with van der Waals surface area (Å²) in [4.78, 5) is 16.2. The molecule has 0 fully saturated rings. The summed E-state index contributed by atoms with van der Waals surface area (Å²) in [6, 6.07) is 15.3. The number of hydrogen-bond acceptors (Lipinski definition) is 4. The number of aryl methyl sites for hydroxylation is 2. The summed E-state index contributed by atoms with van der Waals surface area (Å²) in [6.45, 7) is 3.86. The molecular formula is C20H18ClN3O2. The molecule has 26 heavy (non-hydrogen) atoms. The topological polar surface area (TPSA) is 63.6 Å². The predicted octanol–water partition coefficient (Wildman–Crippen LogP) is 4.03. The lowest BCUT2D eigenvalue weighted by Gasteiger charge is -2.05. The van der Waals surface area contributed by atoms with Gasteiger partial charge in [0.1, 0.15) is 10.9 Å². The van der Waals surface area contributed by atoms with Gasteiger partial charge < -0.3 is 4.74 Å². The fraction of sp³-hybridized carbons (Fsp3) is 0.150. The quantitative estimate of drug-likeness (QED) is 0.420. The first-order valence-corrected chi connectivity index (χ1v) is 8.47. The van der Waals surface area contributed by atoms with E-state index in [0.29, 0.717) is 16.5 Å². The van der Waals surface area contributed by atoms with Crippen LogP contribution in [0.1, 0.15) is 16.7 Å². The molecule has 1 amide bonds. The first-order chi connectivity index (χ1) is 12.5. The minimum atomic E-state index is -0.359. The molecule has 1 aromatic heterocycles. The van der Waals surface area contributed by atoms with Crippen LogP contribution in [0.3, 0.4) is 0 Å². The predicted molar refractivity (Wildman–Crippen MR) is 104 cm³/mol. The Balaban J connectivity index is 1.60. The summed E-state index contributed by atoms with van der Waals surface area (Å²) < 4.78 is 5.39. The van der Waals surface area contributed by atoms with Gasteiger partial charge in [0.25, 0.3) is 5.91 Å². The maximum atomic E-state index is 11.8. The standard InChI is InChI=1S/C20H18ClN3O2/c1-13-4-7-17(8-5-13)26-12-19(25)24-22-11-16-10-15-6-3-14(2)9-18(15)23-20(16)21/h3-11H,12H2,1-2H3,(H,24,25)/b22-11-. The lowest BCUT2D eigenvalue weighted by molar-refractivity contribution is -0.123. The molecule has 0 unspecified atom stereocenters. The third-order valence-corrected chi connectivity index (χ3v) is 4.04. The lowest BCUT2D eigenvalue weighted by atomic mass is 10.1. The fourth-order valence-corrected chi connectivity index (χ4v) is 2.54. The highest BCUT2D eigenvalue weighted by Crippen LogP contribution is 2.20. The number of hydrazone groups is 1. The second-order valence-electron chi connectivity index (χ2n) is 5.96. The number of ether oxygens (including phenoxy) is 1. The number of carbonyl (C=O) groups is 1. The fourth-order valence-electron chi connectivity index (χ4n) is 2.35. The molecule has 0 aliphatic rings. The van der Waals surface area contributed by atoms with E-state index in [0.717, 1.165) is 22.0 Å². The summed E-state index contributed by atoms with van der Waals surface area (Å²) >= 11 is 6.19. The minimum Gasteiger partial charge on any atom is -0.484 e. The SMILES string of the molecule is Cc1ccc(OCC(=O)N/N=C\c2cc3ccc(C)cc3nc2Cl)cc1. The van der Waals surface area contributed by atoms with Crippen LogP contribution in [-0.4, -0.2) is 23.7 Å². The molecule has 1 heterocycles. The van der Waals surface area contributed by atoms with Gasteiger partial charge in [0.05, 0.1) is 11.7 Å². The highest BCUT2D eigenvalue weighted by atomic mass is 35.5. The molecule has 5 nitrogen and oxygen atoms in total. The largest absolute Gasteiger partial charge is 0.484 e. The van der Waals surface area contributed by atoms with E-state index >= 15 is 0 Å². The zero-order valence-electron chi connectivity index (χ0n) is 14.5. The average molecular weight is 368 g/mol. The molecule has 0 aliphatic carbocycles. The van der Waals surface area contributed by atoms with Crippen LogP contribution in [0.4, 0.5) is 0 Å². The van der Waals surface area contributed by atoms with E-state index in [1.54, 1.807) is 0 Å². The number of nitrogens with zero attached hydrogens (tertiary/aromatic N) is 2. The van der Waals surface area contributed by atoms with Gasteiger partial charge >= 0.3 is 0 Å². The Hall–Kier alpha value is -2.92. The summed E-state index contributed by atoms with van der Waals surface area (Å²) in [5, 5.41) is 5.21. The van der Waals surface area contributed by atoms with Crippen LogP contribution in [0.25, 0.3) is 10.9 Å². The molecule has 0 saturated carbocycles. The van der Waals surface area contributed by atoms with Crippen molar-refractivity contribution in [1.29, 1.82) is 0 Å². The van der Waals surface area contributed by atoms with Crippen LogP contribution in [0, 0.1) is 13.8 Å². The second kappa shape index (κ2) is 7.97. The first kappa shape index (κ1) is 17.9. The van der Waals surface area contributed by atoms with E-state index in [4.69, 9.17) is 16.3 Å². The number of fused-ring (bicyclic) bond motifs is 1.